The van der Waals surface area contributed by atoms with Gasteiger partial charge in [0.05, 0.1) is 11.4 Å². The molecule has 0 amide bonds. The normalized spacial score (nSPS) is 12.7. The zero-order chi connectivity index (χ0) is 14.0. The number of alkyl halides is 2. The highest BCUT2D eigenvalue weighted by Gasteiger charge is 2.30. The lowest BCUT2D eigenvalue weighted by atomic mass is 10.2. The van der Waals surface area contributed by atoms with Gasteiger partial charge in [0.25, 0.3) is 5.92 Å². The Morgan fingerprint density at radius 1 is 1.44 bits per heavy atom. The first-order chi connectivity index (χ1) is 8.18. The Kier molecular flexibility index (Phi) is 4.25. The molecule has 8 heteroatoms. The van der Waals surface area contributed by atoms with Crippen molar-refractivity contribution in [2.24, 2.45) is 0 Å². The van der Waals surface area contributed by atoms with Crippen molar-refractivity contribution in [3.63, 3.8) is 0 Å². The molecule has 1 aromatic rings. The van der Waals surface area contributed by atoms with Crippen molar-refractivity contribution in [2.75, 3.05) is 18.9 Å². The van der Waals surface area contributed by atoms with Gasteiger partial charge in [-0.25, -0.2) is 21.9 Å². The van der Waals surface area contributed by atoms with Gasteiger partial charge < -0.3 is 10.8 Å². The minimum atomic E-state index is -4.06. The molecular weight excluding hydrogens is 266 g/mol. The highest BCUT2D eigenvalue weighted by molar-refractivity contribution is 7.89. The molecule has 4 N–H and O–H groups in total. The van der Waals surface area contributed by atoms with E-state index in [1.807, 2.05) is 0 Å². The van der Waals surface area contributed by atoms with E-state index in [0.717, 1.165) is 0 Å². The molecule has 18 heavy (non-hydrogen) atoms. The van der Waals surface area contributed by atoms with Crippen LogP contribution < -0.4 is 10.5 Å². The van der Waals surface area contributed by atoms with Crippen LogP contribution in [0.15, 0.2) is 23.1 Å². The molecule has 0 unspecified atom stereocenters. The number of benzene rings is 1. The smallest absolute Gasteiger partial charge is 0.283 e. The number of nitrogens with one attached hydrogen (secondary N) is 1. The van der Waals surface area contributed by atoms with Crippen LogP contribution in [0.3, 0.4) is 0 Å². The lowest BCUT2D eigenvalue weighted by Gasteiger charge is -2.14. The number of rotatable bonds is 5. The standard InChI is InChI=1S/C10H14F2N2O3S/c1-7-2-3-8(4-9(7)13)18(16,17)14-5-10(11,12)6-15/h2-4,14-15H,5-6,13H2,1H3. The zero-order valence-electron chi connectivity index (χ0n) is 9.65. The molecular formula is C10H14F2N2O3S. The second kappa shape index (κ2) is 5.17. The first-order valence-corrected chi connectivity index (χ1v) is 6.51. The summed E-state index contributed by atoms with van der Waals surface area (Å²) >= 11 is 0. The molecule has 0 spiro atoms. The summed E-state index contributed by atoms with van der Waals surface area (Å²) in [5.74, 6) is -3.50. The van der Waals surface area contributed by atoms with Crippen LogP contribution in [0.25, 0.3) is 0 Å². The molecule has 0 heterocycles. The van der Waals surface area contributed by atoms with Crippen LogP contribution >= 0.6 is 0 Å². The molecule has 0 saturated carbocycles. The van der Waals surface area contributed by atoms with Crippen LogP contribution in [0.1, 0.15) is 5.56 Å². The topological polar surface area (TPSA) is 92.4 Å². The Balaban J connectivity index is 2.90. The van der Waals surface area contributed by atoms with Crippen molar-refractivity contribution in [1.29, 1.82) is 0 Å². The molecule has 0 saturated heterocycles. The Labute approximate surface area is 104 Å². The van der Waals surface area contributed by atoms with Gasteiger partial charge in [-0.15, -0.1) is 0 Å². The number of nitrogens with two attached hydrogens (primary N) is 1. The summed E-state index contributed by atoms with van der Waals surface area (Å²) in [6.45, 7) is -0.899. The molecule has 0 bridgehead atoms. The largest absolute Gasteiger partial charge is 0.398 e. The fraction of sp³-hybridized carbons (Fsp3) is 0.400. The van der Waals surface area contributed by atoms with E-state index in [1.54, 1.807) is 11.6 Å². The monoisotopic (exact) mass is 280 g/mol. The van der Waals surface area contributed by atoms with Gasteiger partial charge in [-0.1, -0.05) is 6.07 Å². The van der Waals surface area contributed by atoms with E-state index in [0.29, 0.717) is 5.56 Å². The molecule has 0 atom stereocenters. The van der Waals surface area contributed by atoms with Crippen LogP contribution in [-0.2, 0) is 10.0 Å². The van der Waals surface area contributed by atoms with E-state index in [4.69, 9.17) is 10.8 Å². The first-order valence-electron chi connectivity index (χ1n) is 5.02. The van der Waals surface area contributed by atoms with Gasteiger partial charge in [-0.2, -0.15) is 0 Å². The number of hydrogen-bond acceptors (Lipinski definition) is 4. The average molecular weight is 280 g/mol. The van der Waals surface area contributed by atoms with E-state index in [-0.39, 0.29) is 10.6 Å². The molecule has 5 nitrogen and oxygen atoms in total. The molecule has 0 aromatic heterocycles. The summed E-state index contributed by atoms with van der Waals surface area (Å²) in [6.07, 6.45) is 0. The molecule has 0 aliphatic heterocycles. The van der Waals surface area contributed by atoms with Crippen molar-refractivity contribution < 1.29 is 22.3 Å². The minimum Gasteiger partial charge on any atom is -0.398 e. The Bertz CT molecular complexity index is 532. The third-order valence-electron chi connectivity index (χ3n) is 2.31. The van der Waals surface area contributed by atoms with Gasteiger partial charge in [0.15, 0.2) is 0 Å². The van der Waals surface area contributed by atoms with Crippen LogP contribution in [0.4, 0.5) is 14.5 Å². The number of aliphatic hydroxyl groups is 1. The molecule has 1 rings (SSSR count). The third-order valence-corrected chi connectivity index (χ3v) is 3.71. The number of aliphatic hydroxyl groups excluding tert-OH is 1. The molecule has 1 aromatic carbocycles. The van der Waals surface area contributed by atoms with Gasteiger partial charge in [-0.05, 0) is 24.6 Å². The SMILES string of the molecule is Cc1ccc(S(=O)(=O)NCC(F)(F)CO)cc1N. The van der Waals surface area contributed by atoms with Crippen LogP contribution in [-0.4, -0.2) is 32.6 Å². The summed E-state index contributed by atoms with van der Waals surface area (Å²) in [4.78, 5) is -0.195. The lowest BCUT2D eigenvalue weighted by molar-refractivity contribution is -0.0437. The van der Waals surface area contributed by atoms with Crippen molar-refractivity contribution in [3.8, 4) is 0 Å². The number of hydrogen-bond donors (Lipinski definition) is 3. The van der Waals surface area contributed by atoms with Crippen molar-refractivity contribution in [3.05, 3.63) is 23.8 Å². The molecule has 0 radical (unpaired) electrons. The summed E-state index contributed by atoms with van der Waals surface area (Å²) in [7, 11) is -4.06. The van der Waals surface area contributed by atoms with Gasteiger partial charge in [0.2, 0.25) is 10.0 Å². The van der Waals surface area contributed by atoms with Crippen LogP contribution in [0.5, 0.6) is 0 Å². The number of aryl methyl sites for hydroxylation is 1. The Hall–Kier alpha value is -1.25. The number of sulfonamides is 1. The molecule has 0 aliphatic rings. The summed E-state index contributed by atoms with van der Waals surface area (Å²) in [5, 5.41) is 8.34. The number of halogens is 2. The van der Waals surface area contributed by atoms with Gasteiger partial charge in [0.1, 0.15) is 6.61 Å². The second-order valence-corrected chi connectivity index (χ2v) is 5.62. The predicted molar refractivity (Wildman–Crippen MR) is 62.8 cm³/mol. The molecule has 102 valence electrons. The second-order valence-electron chi connectivity index (χ2n) is 3.86. The van der Waals surface area contributed by atoms with Crippen molar-refractivity contribution in [2.45, 2.75) is 17.7 Å². The van der Waals surface area contributed by atoms with E-state index in [9.17, 15) is 17.2 Å². The number of anilines is 1. The highest BCUT2D eigenvalue weighted by atomic mass is 32.2. The Morgan fingerprint density at radius 2 is 2.06 bits per heavy atom. The van der Waals surface area contributed by atoms with E-state index >= 15 is 0 Å². The van der Waals surface area contributed by atoms with Crippen molar-refractivity contribution in [1.82, 2.24) is 4.72 Å². The third kappa shape index (κ3) is 3.62. The van der Waals surface area contributed by atoms with E-state index in [1.165, 1.54) is 18.2 Å². The van der Waals surface area contributed by atoms with Crippen LogP contribution in [0.2, 0.25) is 0 Å². The maximum atomic E-state index is 12.7. The predicted octanol–water partition coefficient (Wildman–Crippen LogP) is 0.483. The Morgan fingerprint density at radius 3 is 2.56 bits per heavy atom. The van der Waals surface area contributed by atoms with Gasteiger partial charge in [0, 0.05) is 5.69 Å². The molecule has 0 fully saturated rings. The van der Waals surface area contributed by atoms with E-state index < -0.39 is 29.1 Å². The average Bonchev–Trinajstić information content (AvgIpc) is 2.30. The maximum absolute atomic E-state index is 12.7. The van der Waals surface area contributed by atoms with Gasteiger partial charge >= 0.3 is 0 Å². The summed E-state index contributed by atoms with van der Waals surface area (Å²) in [5.41, 5.74) is 6.49. The first kappa shape index (κ1) is 14.8. The summed E-state index contributed by atoms with van der Waals surface area (Å²) in [6, 6.07) is 3.94. The molecule has 0 aliphatic carbocycles. The fourth-order valence-electron chi connectivity index (χ4n) is 1.13. The maximum Gasteiger partial charge on any atom is 0.283 e. The quantitative estimate of drug-likeness (QED) is 0.684. The van der Waals surface area contributed by atoms with Crippen LogP contribution in [0, 0.1) is 6.92 Å². The van der Waals surface area contributed by atoms with E-state index in [2.05, 4.69) is 0 Å². The lowest BCUT2D eigenvalue weighted by Crippen LogP contribution is -2.38. The fourth-order valence-corrected chi connectivity index (χ4v) is 2.22. The number of nitrogen functional groups attached to an aromatic ring is 1. The van der Waals surface area contributed by atoms with Gasteiger partial charge in [-0.3, -0.25) is 0 Å². The van der Waals surface area contributed by atoms with Crippen molar-refractivity contribution >= 4 is 15.7 Å². The zero-order valence-corrected chi connectivity index (χ0v) is 10.5. The highest BCUT2D eigenvalue weighted by Crippen LogP contribution is 2.18. The summed E-state index contributed by atoms with van der Waals surface area (Å²) < 4.78 is 50.6. The minimum absolute atomic E-state index is 0.195.